The number of nitriles is 1. The van der Waals surface area contributed by atoms with Gasteiger partial charge in [0, 0.05) is 32.9 Å². The number of benzene rings is 2. The number of esters is 1. The number of allylic oxidation sites excluding steroid dienone is 2. The molecule has 2 aromatic carbocycles. The molecule has 1 aliphatic carbocycles. The van der Waals surface area contributed by atoms with Crippen LogP contribution >= 0.6 is 31.0 Å². The van der Waals surface area contributed by atoms with Crippen molar-refractivity contribution in [2.45, 2.75) is 26.9 Å². The van der Waals surface area contributed by atoms with Gasteiger partial charge in [0.2, 0.25) is 12.0 Å². The van der Waals surface area contributed by atoms with Gasteiger partial charge >= 0.3 is 13.8 Å². The van der Waals surface area contributed by atoms with Crippen molar-refractivity contribution in [3.05, 3.63) is 82.3 Å². The summed E-state index contributed by atoms with van der Waals surface area (Å²) in [7, 11) is 0.302. The Morgan fingerprint density at radius 2 is 1.77 bits per heavy atom. The molecule has 43 heavy (non-hydrogen) atoms. The fourth-order valence-electron chi connectivity index (χ4n) is 3.92. The van der Waals surface area contributed by atoms with E-state index in [0.717, 1.165) is 6.08 Å². The summed E-state index contributed by atoms with van der Waals surface area (Å²) in [5, 5.41) is 11.9. The molecule has 2 aromatic rings. The van der Waals surface area contributed by atoms with Gasteiger partial charge in [-0.2, -0.15) is 5.26 Å². The molecule has 1 amide bonds. The highest BCUT2D eigenvalue weighted by molar-refractivity contribution is 7.48. The highest BCUT2D eigenvalue weighted by atomic mass is 35.5. The number of carbonyl (C=O) groups is 2. The molecule has 1 aliphatic rings. The summed E-state index contributed by atoms with van der Waals surface area (Å²) in [6, 6.07) is 14.5. The molecule has 0 radical (unpaired) electrons. The quantitative estimate of drug-likeness (QED) is 0.114. The summed E-state index contributed by atoms with van der Waals surface area (Å²) in [6.45, 7) is 5.25. The molecule has 3 rings (SSSR count). The maximum Gasteiger partial charge on any atom is 0.529 e. The minimum absolute atomic E-state index is 0.0634. The number of hydrogen-bond donors (Lipinski definition) is 1. The van der Waals surface area contributed by atoms with Gasteiger partial charge in [0.05, 0.1) is 5.92 Å². The molecule has 0 aliphatic heterocycles. The summed E-state index contributed by atoms with van der Waals surface area (Å²) in [4.78, 5) is 23.5. The number of nitrogens with zero attached hydrogens (tertiary/aromatic N) is 1. The van der Waals surface area contributed by atoms with Crippen molar-refractivity contribution in [1.29, 1.82) is 5.26 Å². The molecule has 0 aromatic heterocycles. The van der Waals surface area contributed by atoms with Gasteiger partial charge in [0.25, 0.3) is 0 Å². The van der Waals surface area contributed by atoms with Gasteiger partial charge < -0.3 is 19.3 Å². The number of carbonyl (C=O) groups excluding carboxylic acids is 2. The minimum Gasteiger partial charge on any atom is -0.454 e. The smallest absolute Gasteiger partial charge is 0.454 e. The number of rotatable bonds is 11. The van der Waals surface area contributed by atoms with Crippen LogP contribution in [0.15, 0.2) is 70.9 Å². The fraction of sp³-hybridized carbons (Fsp3) is 0.345. The van der Waals surface area contributed by atoms with Crippen LogP contribution in [0.4, 0.5) is 4.39 Å². The van der Waals surface area contributed by atoms with Crippen molar-refractivity contribution < 1.29 is 41.6 Å². The second kappa shape index (κ2) is 15.9. The lowest BCUT2D eigenvalue weighted by Crippen LogP contribution is -2.15. The normalized spacial score (nSPS) is 17.6. The van der Waals surface area contributed by atoms with Gasteiger partial charge in [-0.3, -0.25) is 18.6 Å². The monoisotopic (exact) mass is 656 g/mol. The molecule has 0 saturated heterocycles. The summed E-state index contributed by atoms with van der Waals surface area (Å²) in [5.41, 5.74) is -0.0645. The Balaban J connectivity index is 0.000000391. The van der Waals surface area contributed by atoms with Gasteiger partial charge in [-0.05, 0) is 48.6 Å². The van der Waals surface area contributed by atoms with Crippen LogP contribution in [0.25, 0.3) is 0 Å². The standard InChI is InChI=1S/C22H18Cl2FNO3.C7H14NO5P/c1-22(2)15(11-19(23)24)20(22)21(27)29-18(12-26)13-8-9-16(25)17(10-13)28-14-6-4-3-5-7-14;1-6(5-7(9)8-2)13-14(10,11-3)12-4/h3-11,15,18,20H,1-2H3;5H,1-4H3,(H,8,9)/b;6-5+. The van der Waals surface area contributed by atoms with Crippen molar-refractivity contribution >= 4 is 42.9 Å². The Bertz CT molecular complexity index is 1430. The van der Waals surface area contributed by atoms with E-state index >= 15 is 0 Å². The fourth-order valence-corrected chi connectivity index (χ4v) is 4.89. The van der Waals surface area contributed by atoms with Crippen LogP contribution < -0.4 is 10.1 Å². The first-order chi connectivity index (χ1) is 20.2. The van der Waals surface area contributed by atoms with E-state index in [9.17, 15) is 23.8 Å². The number of ether oxygens (including phenoxy) is 2. The Labute approximate surface area is 259 Å². The number of amides is 1. The molecule has 0 bridgehead atoms. The largest absolute Gasteiger partial charge is 0.529 e. The van der Waals surface area contributed by atoms with Crippen LogP contribution in [0, 0.1) is 34.4 Å². The van der Waals surface area contributed by atoms with Crippen molar-refractivity contribution in [3.8, 4) is 17.6 Å². The molecule has 14 heteroatoms. The lowest BCUT2D eigenvalue weighted by molar-refractivity contribution is -0.149. The number of nitrogens with one attached hydrogen (secondary N) is 1. The maximum atomic E-state index is 14.2. The predicted octanol–water partition coefficient (Wildman–Crippen LogP) is 7.37. The van der Waals surface area contributed by atoms with Crippen LogP contribution in [0.3, 0.4) is 0 Å². The van der Waals surface area contributed by atoms with E-state index in [-0.39, 0.29) is 33.2 Å². The van der Waals surface area contributed by atoms with Crippen LogP contribution in [0.2, 0.25) is 0 Å². The van der Waals surface area contributed by atoms with Crippen molar-refractivity contribution in [3.63, 3.8) is 0 Å². The van der Waals surface area contributed by atoms with E-state index in [1.165, 1.54) is 46.4 Å². The summed E-state index contributed by atoms with van der Waals surface area (Å²) >= 11 is 11.4. The first-order valence-electron chi connectivity index (χ1n) is 12.7. The van der Waals surface area contributed by atoms with E-state index in [1.807, 2.05) is 26.0 Å². The maximum absolute atomic E-state index is 14.2. The average Bonchev–Trinajstić information content (AvgIpc) is 3.51. The highest BCUT2D eigenvalue weighted by Gasteiger charge is 2.62. The highest BCUT2D eigenvalue weighted by Crippen LogP contribution is 2.60. The van der Waals surface area contributed by atoms with Gasteiger partial charge in [0.15, 0.2) is 11.6 Å². The summed E-state index contributed by atoms with van der Waals surface area (Å²) in [5.74, 6) is -1.60. The molecule has 3 atom stereocenters. The van der Waals surface area contributed by atoms with Gasteiger partial charge in [-0.25, -0.2) is 8.96 Å². The Hall–Kier alpha value is -3.39. The molecule has 1 saturated carbocycles. The molecular formula is C29H32Cl2FN2O8P. The van der Waals surface area contributed by atoms with Crippen molar-refractivity contribution in [2.24, 2.45) is 17.3 Å². The van der Waals surface area contributed by atoms with E-state index in [2.05, 4.69) is 14.4 Å². The van der Waals surface area contributed by atoms with Crippen molar-refractivity contribution in [1.82, 2.24) is 5.32 Å². The van der Waals surface area contributed by atoms with E-state index in [4.69, 9.17) is 37.2 Å². The molecule has 1 fully saturated rings. The van der Waals surface area contributed by atoms with Crippen molar-refractivity contribution in [2.75, 3.05) is 21.3 Å². The first-order valence-corrected chi connectivity index (χ1v) is 14.9. The third kappa shape index (κ3) is 10.4. The number of phosphoric acid groups is 1. The van der Waals surface area contributed by atoms with Crippen LogP contribution in [0.5, 0.6) is 11.5 Å². The molecule has 1 N–H and O–H groups in total. The topological polar surface area (TPSA) is 133 Å². The van der Waals surface area contributed by atoms with Crippen LogP contribution in [-0.2, 0) is 32.5 Å². The lowest BCUT2D eigenvalue weighted by Gasteiger charge is -2.14. The van der Waals surface area contributed by atoms with E-state index in [0.29, 0.717) is 11.3 Å². The Morgan fingerprint density at radius 3 is 2.30 bits per heavy atom. The summed E-state index contributed by atoms with van der Waals surface area (Å²) in [6.07, 6.45) is 1.54. The molecule has 0 heterocycles. The predicted molar refractivity (Wildman–Crippen MR) is 158 cm³/mol. The number of halogens is 3. The van der Waals surface area contributed by atoms with Gasteiger partial charge in [-0.1, -0.05) is 61.3 Å². The second-order valence-corrected chi connectivity index (χ2v) is 12.4. The first kappa shape index (κ1) is 35.8. The number of phosphoric ester groups is 1. The molecule has 10 nitrogen and oxygen atoms in total. The van der Waals surface area contributed by atoms with E-state index in [1.54, 1.807) is 30.3 Å². The third-order valence-electron chi connectivity index (χ3n) is 6.33. The molecular weight excluding hydrogens is 625 g/mol. The SMILES string of the molecule is CC1(C)C(C=C(Cl)Cl)C1C(=O)OC(C#N)c1ccc(F)c(Oc2ccccc2)c1.CNC(=O)/C=C(\C)OP(=O)(OC)OC. The van der Waals surface area contributed by atoms with E-state index < -0.39 is 31.6 Å². The molecule has 0 spiro atoms. The molecule has 3 unspecified atom stereocenters. The van der Waals surface area contributed by atoms with Crippen LogP contribution in [-0.4, -0.2) is 33.1 Å². The Kier molecular flexibility index (Phi) is 13.2. The number of hydrogen-bond acceptors (Lipinski definition) is 9. The second-order valence-electron chi connectivity index (χ2n) is 9.61. The zero-order chi connectivity index (χ0) is 32.4. The molecule has 232 valence electrons. The lowest BCUT2D eigenvalue weighted by atomic mass is 10.1. The van der Waals surface area contributed by atoms with Gasteiger partial charge in [0.1, 0.15) is 22.1 Å². The number of para-hydroxylation sites is 1. The third-order valence-corrected chi connectivity index (χ3v) is 7.99. The van der Waals surface area contributed by atoms with Gasteiger partial charge in [-0.15, -0.1) is 0 Å². The average molecular weight is 657 g/mol. The zero-order valence-electron chi connectivity index (χ0n) is 24.3. The zero-order valence-corrected chi connectivity index (χ0v) is 26.7. The number of likely N-dealkylation sites (N-methyl/N-ethyl adjacent to an activating group) is 1. The minimum atomic E-state index is -3.55. The summed E-state index contributed by atoms with van der Waals surface area (Å²) < 4.78 is 50.4. The van der Waals surface area contributed by atoms with Crippen LogP contribution in [0.1, 0.15) is 32.4 Å². The Morgan fingerprint density at radius 1 is 1.14 bits per heavy atom.